The van der Waals surface area contributed by atoms with E-state index in [0.717, 1.165) is 23.0 Å². The summed E-state index contributed by atoms with van der Waals surface area (Å²) in [6.45, 7) is 0. The highest BCUT2D eigenvalue weighted by Gasteiger charge is 2.40. The van der Waals surface area contributed by atoms with Crippen LogP contribution >= 0.6 is 35.6 Å². The first kappa shape index (κ1) is 16.3. The van der Waals surface area contributed by atoms with Crippen molar-refractivity contribution in [3.05, 3.63) is 64.0 Å². The van der Waals surface area contributed by atoms with E-state index >= 15 is 0 Å². The van der Waals surface area contributed by atoms with Crippen LogP contribution < -0.4 is 9.80 Å². The Hall–Kier alpha value is -2.15. The van der Waals surface area contributed by atoms with Crippen LogP contribution in [0.5, 0.6) is 0 Å². The Bertz CT molecular complexity index is 987. The maximum Gasteiger partial charge on any atom is 0.296 e. The van der Waals surface area contributed by atoms with Crippen LogP contribution in [0.4, 0.5) is 16.2 Å². The van der Waals surface area contributed by atoms with Gasteiger partial charge in [0.05, 0.1) is 21.9 Å². The minimum absolute atomic E-state index is 0.160. The molecular formula is C18H11ClN2O2S2. The minimum Gasteiger partial charge on any atom is -0.311 e. The van der Waals surface area contributed by atoms with E-state index in [2.05, 4.69) is 0 Å². The number of amides is 2. The Morgan fingerprint density at radius 1 is 1.08 bits per heavy atom. The van der Waals surface area contributed by atoms with Crippen molar-refractivity contribution in [2.45, 2.75) is 0 Å². The highest BCUT2D eigenvalue weighted by Crippen LogP contribution is 2.45. The quantitative estimate of drug-likeness (QED) is 0.525. The number of thiocarbonyl (C=S) groups is 1. The number of para-hydroxylation sites is 1. The molecule has 2 aromatic rings. The van der Waals surface area contributed by atoms with E-state index in [-0.39, 0.29) is 11.1 Å². The normalized spacial score (nSPS) is 19.8. The van der Waals surface area contributed by atoms with Crippen LogP contribution in [0.1, 0.15) is 5.56 Å². The smallest absolute Gasteiger partial charge is 0.296 e. The monoisotopic (exact) mass is 386 g/mol. The summed E-state index contributed by atoms with van der Waals surface area (Å²) in [6.07, 6.45) is 0. The number of hydrogen-bond acceptors (Lipinski definition) is 4. The lowest BCUT2D eigenvalue weighted by atomic mass is 10.1. The van der Waals surface area contributed by atoms with Crippen LogP contribution in [-0.4, -0.2) is 23.2 Å². The number of hydrogen-bond donors (Lipinski definition) is 0. The van der Waals surface area contributed by atoms with Gasteiger partial charge >= 0.3 is 0 Å². The van der Waals surface area contributed by atoms with E-state index in [0.29, 0.717) is 26.2 Å². The van der Waals surface area contributed by atoms with Crippen molar-refractivity contribution in [3.8, 4) is 0 Å². The number of fused-ring (bicyclic) bond motifs is 1. The van der Waals surface area contributed by atoms with E-state index in [9.17, 15) is 9.59 Å². The molecule has 25 heavy (non-hydrogen) atoms. The zero-order valence-electron chi connectivity index (χ0n) is 13.0. The molecule has 2 aliphatic rings. The lowest BCUT2D eigenvalue weighted by molar-refractivity contribution is -0.112. The molecule has 0 aliphatic carbocycles. The third-order valence-corrected chi connectivity index (χ3v) is 5.83. The Morgan fingerprint density at radius 3 is 2.60 bits per heavy atom. The molecule has 1 fully saturated rings. The molecule has 0 radical (unpaired) electrons. The van der Waals surface area contributed by atoms with Gasteiger partial charge in [0.1, 0.15) is 4.99 Å². The number of anilines is 2. The number of likely N-dealkylation sites (N-methyl/N-ethyl adjacent to an activating group) is 1. The molecule has 0 unspecified atom stereocenters. The van der Waals surface area contributed by atoms with E-state index < -0.39 is 0 Å². The molecule has 1 saturated heterocycles. The van der Waals surface area contributed by atoms with Crippen molar-refractivity contribution in [2.75, 3.05) is 16.8 Å². The van der Waals surface area contributed by atoms with E-state index in [4.69, 9.17) is 23.8 Å². The summed E-state index contributed by atoms with van der Waals surface area (Å²) >= 11 is 12.5. The number of carbonyl (C=O) groups is 2. The predicted octanol–water partition coefficient (Wildman–Crippen LogP) is 4.73. The molecule has 0 N–H and O–H groups in total. The fourth-order valence-corrected chi connectivity index (χ4v) is 4.54. The average molecular weight is 387 g/mol. The average Bonchev–Trinajstić information content (AvgIpc) is 3.02. The van der Waals surface area contributed by atoms with Gasteiger partial charge in [-0.2, -0.15) is 0 Å². The molecule has 124 valence electrons. The summed E-state index contributed by atoms with van der Waals surface area (Å²) in [4.78, 5) is 29.1. The summed E-state index contributed by atoms with van der Waals surface area (Å²) in [5.41, 5.74) is 2.68. The van der Waals surface area contributed by atoms with Crippen LogP contribution in [0, 0.1) is 0 Å². The number of halogens is 1. The second-order valence-corrected chi connectivity index (χ2v) is 7.36. The first-order valence-corrected chi connectivity index (χ1v) is 9.03. The minimum atomic E-state index is -0.241. The zero-order valence-corrected chi connectivity index (χ0v) is 15.4. The summed E-state index contributed by atoms with van der Waals surface area (Å²) in [5.74, 6) is -0.160. The van der Waals surface area contributed by atoms with Gasteiger partial charge in [0, 0.05) is 17.6 Å². The second kappa shape index (κ2) is 5.98. The summed E-state index contributed by atoms with van der Waals surface area (Å²) in [5, 5.41) is 0.274. The molecule has 0 aromatic heterocycles. The van der Waals surface area contributed by atoms with E-state index in [1.165, 1.54) is 4.90 Å². The highest BCUT2D eigenvalue weighted by molar-refractivity contribution is 8.20. The van der Waals surface area contributed by atoms with Gasteiger partial charge < -0.3 is 4.90 Å². The van der Waals surface area contributed by atoms with Gasteiger partial charge in [0.2, 0.25) is 0 Å². The number of thioether (sulfide) groups is 1. The van der Waals surface area contributed by atoms with Gasteiger partial charge in [-0.1, -0.05) is 48.1 Å². The van der Waals surface area contributed by atoms with E-state index in [1.807, 2.05) is 24.3 Å². The molecule has 2 heterocycles. The Morgan fingerprint density at radius 2 is 1.84 bits per heavy atom. The van der Waals surface area contributed by atoms with Gasteiger partial charge in [-0.3, -0.25) is 14.5 Å². The zero-order chi connectivity index (χ0) is 17.7. The number of nitrogens with zero attached hydrogens (tertiary/aromatic N) is 2. The molecular weight excluding hydrogens is 376 g/mol. The van der Waals surface area contributed by atoms with Crippen molar-refractivity contribution in [1.82, 2.24) is 0 Å². The van der Waals surface area contributed by atoms with Crippen LogP contribution in [-0.2, 0) is 4.79 Å². The largest absolute Gasteiger partial charge is 0.311 e. The predicted molar refractivity (Wildman–Crippen MR) is 106 cm³/mol. The number of rotatable bonds is 1. The third kappa shape index (κ3) is 2.49. The molecule has 0 saturated carbocycles. The standard InChI is InChI=1S/C18H11ClN2O2S2/c1-20-13-8-3-2-7-12(13)14(16(20)22)15-17(24)21(18(23)25-15)11-6-4-5-10(19)9-11/h2-9H,1H3/b15-14-. The number of carbonyl (C=O) groups excluding carboxylic acids is 2. The van der Waals surface area contributed by atoms with Gasteiger partial charge in [-0.05, 0) is 36.0 Å². The third-order valence-electron chi connectivity index (χ3n) is 4.12. The molecule has 0 bridgehead atoms. The molecule has 4 rings (SSSR count). The maximum atomic E-state index is 12.7. The lowest BCUT2D eigenvalue weighted by Gasteiger charge is -2.15. The molecule has 0 spiro atoms. The summed E-state index contributed by atoms with van der Waals surface area (Å²) in [6, 6.07) is 14.4. The van der Waals surface area contributed by atoms with Crippen molar-refractivity contribution in [3.63, 3.8) is 0 Å². The van der Waals surface area contributed by atoms with Crippen molar-refractivity contribution >= 4 is 68.7 Å². The van der Waals surface area contributed by atoms with Crippen molar-refractivity contribution in [2.24, 2.45) is 0 Å². The maximum absolute atomic E-state index is 12.7. The van der Waals surface area contributed by atoms with Gasteiger partial charge in [-0.25, -0.2) is 0 Å². The lowest BCUT2D eigenvalue weighted by Crippen LogP contribution is -2.27. The Balaban J connectivity index is 1.85. The van der Waals surface area contributed by atoms with Gasteiger partial charge in [0.15, 0.2) is 0 Å². The molecule has 0 atom stereocenters. The van der Waals surface area contributed by atoms with Crippen LogP contribution in [0.3, 0.4) is 0 Å². The van der Waals surface area contributed by atoms with Crippen molar-refractivity contribution in [1.29, 1.82) is 0 Å². The van der Waals surface area contributed by atoms with Crippen LogP contribution in [0.15, 0.2) is 53.4 Å². The molecule has 7 heteroatoms. The van der Waals surface area contributed by atoms with Crippen LogP contribution in [0.2, 0.25) is 5.02 Å². The van der Waals surface area contributed by atoms with Gasteiger partial charge in [0.25, 0.3) is 11.1 Å². The SMILES string of the molecule is CN1C(=O)/C(=C2\SC(=O)N(c3cccc(Cl)c3)C2=S)c2ccccc21. The first-order chi connectivity index (χ1) is 12.0. The molecule has 2 aliphatic heterocycles. The Kier molecular flexibility index (Phi) is 3.91. The molecule has 2 amide bonds. The molecule has 2 aromatic carbocycles. The van der Waals surface area contributed by atoms with E-state index in [1.54, 1.807) is 36.2 Å². The van der Waals surface area contributed by atoms with Crippen LogP contribution in [0.25, 0.3) is 5.57 Å². The second-order valence-electron chi connectivity index (χ2n) is 5.57. The topological polar surface area (TPSA) is 40.6 Å². The Labute approximate surface area is 159 Å². The highest BCUT2D eigenvalue weighted by atomic mass is 35.5. The fraction of sp³-hybridized carbons (Fsp3) is 0.0556. The first-order valence-electron chi connectivity index (χ1n) is 7.42. The summed E-state index contributed by atoms with van der Waals surface area (Å²) in [7, 11) is 1.72. The van der Waals surface area contributed by atoms with Crippen molar-refractivity contribution < 1.29 is 9.59 Å². The molecule has 4 nitrogen and oxygen atoms in total. The van der Waals surface area contributed by atoms with Gasteiger partial charge in [-0.15, -0.1) is 0 Å². The fourth-order valence-electron chi connectivity index (χ4n) is 2.95. The summed E-state index contributed by atoms with van der Waals surface area (Å²) < 4.78 is 0. The number of benzene rings is 2.